The van der Waals surface area contributed by atoms with E-state index < -0.39 is 0 Å². The van der Waals surface area contributed by atoms with Gasteiger partial charge in [0.15, 0.2) is 0 Å². The summed E-state index contributed by atoms with van der Waals surface area (Å²) in [5.74, 6) is 0. The van der Waals surface area contributed by atoms with Crippen molar-refractivity contribution >= 4 is 26.7 Å². The number of halogens is 1. The molecule has 0 heterocycles. The molecule has 3 aromatic rings. The molecule has 0 aromatic heterocycles. The van der Waals surface area contributed by atoms with Crippen molar-refractivity contribution in [2.75, 3.05) is 0 Å². The van der Waals surface area contributed by atoms with Crippen LogP contribution in [0.15, 0.2) is 66.7 Å². The fourth-order valence-electron chi connectivity index (χ4n) is 2.48. The maximum absolute atomic E-state index is 3.83. The molecule has 0 radical (unpaired) electrons. The molecule has 0 aliphatic rings. The highest BCUT2D eigenvalue weighted by Gasteiger charge is 2.10. The van der Waals surface area contributed by atoms with Gasteiger partial charge in [0.2, 0.25) is 0 Å². The van der Waals surface area contributed by atoms with Crippen LogP contribution >= 0.6 is 15.9 Å². The average Bonchev–Trinajstić information content (AvgIpc) is 2.54. The quantitative estimate of drug-likeness (QED) is 0.527. The second kappa shape index (κ2) is 5.80. The van der Waals surface area contributed by atoms with Crippen molar-refractivity contribution in [3.05, 3.63) is 83.4 Å². The molecule has 1 atom stereocenters. The molecule has 0 fully saturated rings. The maximum atomic E-state index is 3.83. The second-order valence-electron chi connectivity index (χ2n) is 5.06. The molecule has 3 aromatic carbocycles. The molecular formula is C19H17Br. The second-order valence-corrected chi connectivity index (χ2v) is 5.98. The summed E-state index contributed by atoms with van der Waals surface area (Å²) in [7, 11) is 0. The third-order valence-corrected chi connectivity index (χ3v) is 4.80. The monoisotopic (exact) mass is 324 g/mol. The van der Waals surface area contributed by atoms with Crippen molar-refractivity contribution in [3.8, 4) is 0 Å². The summed E-state index contributed by atoms with van der Waals surface area (Å²) >= 11 is 3.83. The first-order valence-electron chi connectivity index (χ1n) is 6.99. The largest absolute Gasteiger partial charge is 0.0786 e. The zero-order valence-corrected chi connectivity index (χ0v) is 13.1. The SMILES string of the molecule is CCc1ccc(C(Br)c2ccc3ccccc3c2)cc1. The van der Waals surface area contributed by atoms with Crippen molar-refractivity contribution in [1.82, 2.24) is 0 Å². The summed E-state index contributed by atoms with van der Waals surface area (Å²) in [6, 6.07) is 24.0. The average molecular weight is 325 g/mol. The topological polar surface area (TPSA) is 0 Å². The summed E-state index contributed by atoms with van der Waals surface area (Å²) in [6.45, 7) is 2.18. The molecule has 0 nitrogen and oxygen atoms in total. The van der Waals surface area contributed by atoms with Crippen LogP contribution in [0.2, 0.25) is 0 Å². The van der Waals surface area contributed by atoms with Gasteiger partial charge < -0.3 is 0 Å². The third kappa shape index (κ3) is 2.64. The highest BCUT2D eigenvalue weighted by atomic mass is 79.9. The lowest BCUT2D eigenvalue weighted by Gasteiger charge is -2.12. The van der Waals surface area contributed by atoms with E-state index >= 15 is 0 Å². The summed E-state index contributed by atoms with van der Waals surface area (Å²) < 4.78 is 0. The molecule has 1 unspecified atom stereocenters. The molecule has 0 amide bonds. The number of aryl methyl sites for hydroxylation is 1. The van der Waals surface area contributed by atoms with Crippen molar-refractivity contribution in [1.29, 1.82) is 0 Å². The minimum atomic E-state index is 0.248. The van der Waals surface area contributed by atoms with Crippen molar-refractivity contribution < 1.29 is 0 Å². The first kappa shape index (κ1) is 13.4. The van der Waals surface area contributed by atoms with E-state index in [4.69, 9.17) is 0 Å². The number of rotatable bonds is 3. The fraction of sp³-hybridized carbons (Fsp3) is 0.158. The Bertz CT molecular complexity index is 713. The Hall–Kier alpha value is -1.60. The van der Waals surface area contributed by atoms with Gasteiger partial charge in [-0.15, -0.1) is 0 Å². The van der Waals surface area contributed by atoms with Gasteiger partial charge in [-0.05, 0) is 39.9 Å². The number of fused-ring (bicyclic) bond motifs is 1. The molecule has 1 heteroatoms. The number of hydrogen-bond donors (Lipinski definition) is 0. The zero-order chi connectivity index (χ0) is 13.9. The standard InChI is InChI=1S/C19H17Br/c1-2-14-7-9-16(10-8-14)19(20)18-12-11-15-5-3-4-6-17(15)13-18/h3-13,19H,2H2,1H3. The van der Waals surface area contributed by atoms with Gasteiger partial charge in [-0.1, -0.05) is 83.5 Å². The fourth-order valence-corrected chi connectivity index (χ4v) is 3.07. The van der Waals surface area contributed by atoms with Crippen LogP contribution in [0.25, 0.3) is 10.8 Å². The van der Waals surface area contributed by atoms with E-state index in [0.717, 1.165) is 6.42 Å². The summed E-state index contributed by atoms with van der Waals surface area (Å²) in [6.07, 6.45) is 1.09. The van der Waals surface area contributed by atoms with Gasteiger partial charge in [0.05, 0.1) is 4.83 Å². The Kier molecular flexibility index (Phi) is 3.88. The van der Waals surface area contributed by atoms with Crippen molar-refractivity contribution in [2.45, 2.75) is 18.2 Å². The van der Waals surface area contributed by atoms with Crippen LogP contribution < -0.4 is 0 Å². The van der Waals surface area contributed by atoms with E-state index in [2.05, 4.69) is 89.6 Å². The summed E-state index contributed by atoms with van der Waals surface area (Å²) in [4.78, 5) is 0.248. The van der Waals surface area contributed by atoms with E-state index in [1.54, 1.807) is 0 Å². The summed E-state index contributed by atoms with van der Waals surface area (Å²) in [5.41, 5.74) is 3.98. The van der Waals surface area contributed by atoms with E-state index in [1.165, 1.54) is 27.5 Å². The zero-order valence-electron chi connectivity index (χ0n) is 11.5. The van der Waals surface area contributed by atoms with E-state index in [0.29, 0.717) is 0 Å². The maximum Gasteiger partial charge on any atom is 0.0644 e. The molecule has 0 saturated carbocycles. The van der Waals surface area contributed by atoms with Crippen LogP contribution in [0, 0.1) is 0 Å². The van der Waals surface area contributed by atoms with Gasteiger partial charge in [-0.3, -0.25) is 0 Å². The Morgan fingerprint density at radius 2 is 1.45 bits per heavy atom. The Morgan fingerprint density at radius 1 is 0.800 bits per heavy atom. The highest BCUT2D eigenvalue weighted by Crippen LogP contribution is 2.32. The predicted molar refractivity (Wildman–Crippen MR) is 90.5 cm³/mol. The van der Waals surface area contributed by atoms with E-state index in [1.807, 2.05) is 0 Å². The van der Waals surface area contributed by atoms with Gasteiger partial charge in [0.25, 0.3) is 0 Å². The number of benzene rings is 3. The molecule has 0 spiro atoms. The van der Waals surface area contributed by atoms with E-state index in [9.17, 15) is 0 Å². The number of alkyl halides is 1. The van der Waals surface area contributed by atoms with Gasteiger partial charge in [0, 0.05) is 0 Å². The van der Waals surface area contributed by atoms with Gasteiger partial charge in [-0.25, -0.2) is 0 Å². The molecule has 20 heavy (non-hydrogen) atoms. The van der Waals surface area contributed by atoms with Crippen LogP contribution in [-0.4, -0.2) is 0 Å². The predicted octanol–water partition coefficient (Wildman–Crippen LogP) is 5.89. The van der Waals surface area contributed by atoms with Crippen LogP contribution in [0.3, 0.4) is 0 Å². The van der Waals surface area contributed by atoms with Crippen LogP contribution in [-0.2, 0) is 6.42 Å². The summed E-state index contributed by atoms with van der Waals surface area (Å²) in [5, 5.41) is 2.58. The molecule has 0 N–H and O–H groups in total. The molecule has 0 bridgehead atoms. The molecule has 0 aliphatic heterocycles. The smallest absolute Gasteiger partial charge is 0.0644 e. The molecule has 100 valence electrons. The Morgan fingerprint density at radius 3 is 2.15 bits per heavy atom. The first-order chi connectivity index (χ1) is 9.78. The first-order valence-corrected chi connectivity index (χ1v) is 7.91. The van der Waals surface area contributed by atoms with Crippen LogP contribution in [0.5, 0.6) is 0 Å². The van der Waals surface area contributed by atoms with E-state index in [-0.39, 0.29) is 4.83 Å². The molecule has 0 aliphatic carbocycles. The van der Waals surface area contributed by atoms with Gasteiger partial charge in [-0.2, -0.15) is 0 Å². The molecule has 3 rings (SSSR count). The molecule has 0 saturated heterocycles. The van der Waals surface area contributed by atoms with Crippen LogP contribution in [0.4, 0.5) is 0 Å². The highest BCUT2D eigenvalue weighted by molar-refractivity contribution is 9.09. The normalized spacial score (nSPS) is 12.5. The number of hydrogen-bond acceptors (Lipinski definition) is 0. The Balaban J connectivity index is 1.96. The minimum absolute atomic E-state index is 0.248. The van der Waals surface area contributed by atoms with Gasteiger partial charge >= 0.3 is 0 Å². The van der Waals surface area contributed by atoms with Gasteiger partial charge in [0.1, 0.15) is 0 Å². The lowest BCUT2D eigenvalue weighted by atomic mass is 10.00. The van der Waals surface area contributed by atoms with Crippen molar-refractivity contribution in [3.63, 3.8) is 0 Å². The lowest BCUT2D eigenvalue weighted by molar-refractivity contribution is 1.12. The lowest BCUT2D eigenvalue weighted by Crippen LogP contribution is -1.93. The molecular weight excluding hydrogens is 308 g/mol. The van der Waals surface area contributed by atoms with Crippen molar-refractivity contribution in [2.24, 2.45) is 0 Å². The minimum Gasteiger partial charge on any atom is -0.0786 e. The third-order valence-electron chi connectivity index (χ3n) is 3.75. The Labute approximate surface area is 128 Å². The van der Waals surface area contributed by atoms with Crippen LogP contribution in [0.1, 0.15) is 28.4 Å².